The van der Waals surface area contributed by atoms with E-state index in [4.69, 9.17) is 24.6 Å². The lowest BCUT2D eigenvalue weighted by Crippen LogP contribution is -2.31. The van der Waals surface area contributed by atoms with Gasteiger partial charge in [0.15, 0.2) is 11.6 Å². The second-order valence-corrected chi connectivity index (χ2v) is 12.2. The van der Waals surface area contributed by atoms with Crippen LogP contribution < -0.4 is 15.8 Å². The van der Waals surface area contributed by atoms with Gasteiger partial charge in [-0.2, -0.15) is 9.19 Å². The maximum atomic E-state index is 12.9. The number of nitrogens with two attached hydrogens (primary N) is 1. The average molecular weight is 619 g/mol. The number of nitrogens with one attached hydrogen (secondary N) is 1. The van der Waals surface area contributed by atoms with Gasteiger partial charge >= 0.3 is 6.09 Å². The summed E-state index contributed by atoms with van der Waals surface area (Å²) in [5.41, 5.74) is 9.76. The Morgan fingerprint density at radius 2 is 1.86 bits per heavy atom. The molecule has 0 spiro atoms. The highest BCUT2D eigenvalue weighted by Crippen LogP contribution is 2.39. The molecule has 1 atom stereocenters. The number of rotatable bonds is 9. The lowest BCUT2D eigenvalue weighted by atomic mass is 10.0. The summed E-state index contributed by atoms with van der Waals surface area (Å²) in [5.74, 6) is 0.962. The number of thiol groups is 1. The number of hydrogen-bond donors (Lipinski definition) is 3. The lowest BCUT2D eigenvalue weighted by molar-refractivity contribution is 0.0634. The highest BCUT2D eigenvalue weighted by atomic mass is 32.2. The minimum Gasteiger partial charge on any atom is -0.488 e. The van der Waals surface area contributed by atoms with E-state index in [1.807, 2.05) is 30.3 Å². The molecule has 1 amide bonds. The van der Waals surface area contributed by atoms with Crippen molar-refractivity contribution in [2.24, 2.45) is 5.73 Å². The van der Waals surface area contributed by atoms with Crippen LogP contribution in [0.25, 0.3) is 33.4 Å². The molecule has 0 fully saturated rings. The van der Waals surface area contributed by atoms with Gasteiger partial charge in [0.25, 0.3) is 0 Å². The van der Waals surface area contributed by atoms with Crippen molar-refractivity contribution < 1.29 is 27.1 Å². The molecule has 3 N–H and O–H groups in total. The standard InChI is InChI=1S/C31H34N6O6S/c1-18-23-14-25(33-16-26(23)37(36-18)44(39)40)24-15-27(42-17-21(32)13-20-9-7-6-8-10-20)29(35-30(38)43-31(3,4)5)34-28(24)22-11-12-41-19(22)2/h6-12,14-16,21,44H,13,17,32H2,1-5H3,(H,34,35,38)/t21-/m0/s1. The Bertz CT molecular complexity index is 1880. The van der Waals surface area contributed by atoms with Crippen molar-refractivity contribution in [3.8, 4) is 28.3 Å². The summed E-state index contributed by atoms with van der Waals surface area (Å²) < 4.78 is 41.7. The molecular weight excluding hydrogens is 584 g/mol. The van der Waals surface area contributed by atoms with E-state index < -0.39 is 22.6 Å². The van der Waals surface area contributed by atoms with Crippen LogP contribution >= 0.6 is 0 Å². The Hall–Kier alpha value is -4.75. The van der Waals surface area contributed by atoms with Crippen molar-refractivity contribution in [3.05, 3.63) is 78.0 Å². The van der Waals surface area contributed by atoms with Gasteiger partial charge in [0, 0.05) is 22.6 Å². The number of benzene rings is 1. The summed E-state index contributed by atoms with van der Waals surface area (Å²) in [6, 6.07) is 14.7. The van der Waals surface area contributed by atoms with E-state index in [0.29, 0.717) is 51.3 Å². The smallest absolute Gasteiger partial charge is 0.413 e. The second kappa shape index (κ2) is 12.5. The van der Waals surface area contributed by atoms with Gasteiger partial charge in [-0.15, -0.1) is 0 Å². The largest absolute Gasteiger partial charge is 0.488 e. The summed E-state index contributed by atoms with van der Waals surface area (Å²) in [6.45, 7) is 8.93. The van der Waals surface area contributed by atoms with Crippen molar-refractivity contribution in [1.82, 2.24) is 19.2 Å². The molecule has 4 heterocycles. The van der Waals surface area contributed by atoms with E-state index in [9.17, 15) is 13.2 Å². The number of aryl methyl sites for hydroxylation is 2. The number of aromatic nitrogens is 4. The number of ether oxygens (including phenoxy) is 2. The zero-order valence-electron chi connectivity index (χ0n) is 25.0. The number of hydrogen-bond acceptors (Lipinski definition) is 10. The van der Waals surface area contributed by atoms with Gasteiger partial charge < -0.3 is 19.6 Å². The third-order valence-electron chi connectivity index (χ3n) is 6.68. The fourth-order valence-corrected chi connectivity index (χ4v) is 5.26. The van der Waals surface area contributed by atoms with Gasteiger partial charge in [-0.05, 0) is 64.8 Å². The van der Waals surface area contributed by atoms with Crippen molar-refractivity contribution in [1.29, 1.82) is 0 Å². The predicted octanol–water partition coefficient (Wildman–Crippen LogP) is 5.04. The van der Waals surface area contributed by atoms with E-state index in [0.717, 1.165) is 9.65 Å². The van der Waals surface area contributed by atoms with Gasteiger partial charge in [-0.1, -0.05) is 30.3 Å². The summed E-state index contributed by atoms with van der Waals surface area (Å²) in [7, 11) is -2.98. The monoisotopic (exact) mass is 618 g/mol. The van der Waals surface area contributed by atoms with Gasteiger partial charge in [-0.3, -0.25) is 10.3 Å². The topological polar surface area (TPSA) is 164 Å². The van der Waals surface area contributed by atoms with E-state index in [1.165, 1.54) is 6.20 Å². The van der Waals surface area contributed by atoms with Crippen LogP contribution in [0.3, 0.4) is 0 Å². The molecule has 0 radical (unpaired) electrons. The Balaban J connectivity index is 1.61. The minimum absolute atomic E-state index is 0.123. The van der Waals surface area contributed by atoms with Crippen molar-refractivity contribution >= 4 is 33.7 Å². The first-order chi connectivity index (χ1) is 20.9. The van der Waals surface area contributed by atoms with Crippen LogP contribution in [0.1, 0.15) is 37.8 Å². The Morgan fingerprint density at radius 3 is 2.52 bits per heavy atom. The van der Waals surface area contributed by atoms with Gasteiger partial charge in [0.2, 0.25) is 10.9 Å². The molecule has 13 heteroatoms. The van der Waals surface area contributed by atoms with Crippen LogP contribution in [-0.2, 0) is 22.0 Å². The van der Waals surface area contributed by atoms with Crippen LogP contribution in [-0.4, -0.2) is 51.9 Å². The van der Waals surface area contributed by atoms with Crippen LogP contribution in [0.5, 0.6) is 5.75 Å². The third-order valence-corrected chi connectivity index (χ3v) is 7.29. The Morgan fingerprint density at radius 1 is 1.11 bits per heavy atom. The molecule has 1 aromatic carbocycles. The first-order valence-corrected chi connectivity index (χ1v) is 15.0. The van der Waals surface area contributed by atoms with Crippen molar-refractivity contribution in [3.63, 3.8) is 0 Å². The van der Waals surface area contributed by atoms with E-state index in [-0.39, 0.29) is 24.2 Å². The normalized spacial score (nSPS) is 12.4. The second-order valence-electron chi connectivity index (χ2n) is 11.3. The number of nitrogens with zero attached hydrogens (tertiary/aromatic N) is 4. The SMILES string of the molecule is Cc1occc1-c1nc(NC(=O)OC(C)(C)C)c(OC[C@@H](N)Cc2ccccc2)cc1-c1cc2c(C)nn([SH](=O)=O)c2cn1. The number of carbonyl (C=O) groups excluding carboxylic acids is 1. The zero-order chi connectivity index (χ0) is 31.6. The molecule has 0 bridgehead atoms. The van der Waals surface area contributed by atoms with Gasteiger partial charge in [0.1, 0.15) is 23.5 Å². The molecule has 0 aliphatic rings. The average Bonchev–Trinajstić information content (AvgIpc) is 3.54. The number of anilines is 1. The fraction of sp³-hybridized carbons (Fsp3) is 0.290. The number of carbonyl (C=O) groups is 1. The van der Waals surface area contributed by atoms with E-state index >= 15 is 0 Å². The Labute approximate surface area is 256 Å². The number of pyridine rings is 2. The fourth-order valence-electron chi connectivity index (χ4n) is 4.72. The molecule has 230 valence electrons. The van der Waals surface area contributed by atoms with Gasteiger partial charge in [-0.25, -0.2) is 18.2 Å². The quantitative estimate of drug-likeness (QED) is 0.191. The molecule has 5 rings (SSSR count). The number of amides is 1. The van der Waals surface area contributed by atoms with Crippen molar-refractivity contribution in [2.75, 3.05) is 11.9 Å². The molecule has 0 aliphatic carbocycles. The highest BCUT2D eigenvalue weighted by Gasteiger charge is 2.24. The first-order valence-electron chi connectivity index (χ1n) is 13.9. The van der Waals surface area contributed by atoms with Crippen molar-refractivity contribution in [2.45, 2.75) is 52.7 Å². The molecule has 12 nitrogen and oxygen atoms in total. The molecule has 0 saturated carbocycles. The van der Waals surface area contributed by atoms with Crippen LogP contribution in [0, 0.1) is 13.8 Å². The summed E-state index contributed by atoms with van der Waals surface area (Å²) in [5, 5.41) is 7.47. The molecule has 5 aromatic rings. The summed E-state index contributed by atoms with van der Waals surface area (Å²) >= 11 is 0. The zero-order valence-corrected chi connectivity index (χ0v) is 25.9. The molecular formula is C31H34N6O6S. The minimum atomic E-state index is -2.98. The Kier molecular flexibility index (Phi) is 8.70. The van der Waals surface area contributed by atoms with Crippen LogP contribution in [0.4, 0.5) is 10.6 Å². The maximum absolute atomic E-state index is 12.9. The van der Waals surface area contributed by atoms with Gasteiger partial charge in [0.05, 0.1) is 29.5 Å². The first kappa shape index (κ1) is 30.7. The summed E-state index contributed by atoms with van der Waals surface area (Å²) in [4.78, 5) is 22.3. The predicted molar refractivity (Wildman–Crippen MR) is 167 cm³/mol. The molecule has 0 unspecified atom stereocenters. The summed E-state index contributed by atoms with van der Waals surface area (Å²) in [6.07, 6.45) is 2.86. The van der Waals surface area contributed by atoms with Crippen LogP contribution in [0.15, 0.2) is 65.4 Å². The molecule has 0 aliphatic heterocycles. The number of fused-ring (bicyclic) bond motifs is 1. The van der Waals surface area contributed by atoms with E-state index in [2.05, 4.69) is 15.4 Å². The molecule has 44 heavy (non-hydrogen) atoms. The highest BCUT2D eigenvalue weighted by molar-refractivity contribution is 7.70. The van der Waals surface area contributed by atoms with Crippen LogP contribution in [0.2, 0.25) is 0 Å². The van der Waals surface area contributed by atoms with E-state index in [1.54, 1.807) is 59.1 Å². The molecule has 0 saturated heterocycles. The maximum Gasteiger partial charge on any atom is 0.413 e. The lowest BCUT2D eigenvalue weighted by Gasteiger charge is -2.21. The molecule has 4 aromatic heterocycles. The number of furan rings is 1. The third kappa shape index (κ3) is 6.90.